The second-order valence-electron chi connectivity index (χ2n) is 6.90. The molecule has 2 heterocycles. The van der Waals surface area contributed by atoms with E-state index < -0.39 is 0 Å². The summed E-state index contributed by atoms with van der Waals surface area (Å²) in [5.74, 6) is 0.708. The summed E-state index contributed by atoms with van der Waals surface area (Å²) in [7, 11) is 2.27. The second kappa shape index (κ2) is 5.88. The van der Waals surface area contributed by atoms with Crippen molar-refractivity contribution in [3.8, 4) is 0 Å². The van der Waals surface area contributed by atoms with Crippen LogP contribution in [0, 0.1) is 5.92 Å². The van der Waals surface area contributed by atoms with Crippen LogP contribution >= 0.6 is 11.8 Å². The van der Waals surface area contributed by atoms with Gasteiger partial charge in [-0.25, -0.2) is 0 Å². The number of likely N-dealkylation sites (tertiary alicyclic amines) is 1. The first kappa shape index (κ1) is 15.1. The normalized spacial score (nSPS) is 26.9. The molecule has 0 aromatic heterocycles. The number of nitrogens with zero attached hydrogens (tertiary/aromatic N) is 2. The SMILES string of the molecule is C[C@@H]1C[C@H](CN2c3ccccc3Sc3ccccc32)[C@@H](C)N1C. The Hall–Kier alpha value is -1.45. The molecule has 2 aromatic rings. The molecule has 120 valence electrons. The smallest absolute Gasteiger partial charge is 0.0552 e. The standard InChI is InChI=1S/C20H24N2S/c1-14-12-16(15(2)21(14)3)13-22-17-8-4-6-10-19(17)23-20-11-7-5-9-18(20)22/h4-11,14-16H,12-13H2,1-3H3/t14-,15-,16-/m1/s1. The highest BCUT2D eigenvalue weighted by Crippen LogP contribution is 2.48. The summed E-state index contributed by atoms with van der Waals surface area (Å²) in [4.78, 5) is 7.83. The fraction of sp³-hybridized carbons (Fsp3) is 0.400. The number of hydrogen-bond acceptors (Lipinski definition) is 3. The molecular formula is C20H24N2S. The van der Waals surface area contributed by atoms with E-state index in [2.05, 4.69) is 79.2 Å². The molecule has 2 aliphatic heterocycles. The molecule has 0 bridgehead atoms. The molecule has 3 heteroatoms. The highest BCUT2D eigenvalue weighted by molar-refractivity contribution is 7.99. The average Bonchev–Trinajstić information content (AvgIpc) is 2.81. The Bertz CT molecular complexity index is 669. The van der Waals surface area contributed by atoms with E-state index in [1.54, 1.807) is 0 Å². The van der Waals surface area contributed by atoms with Crippen LogP contribution in [0.5, 0.6) is 0 Å². The molecule has 1 fully saturated rings. The molecule has 1 saturated heterocycles. The third kappa shape index (κ3) is 2.56. The molecule has 4 rings (SSSR count). The van der Waals surface area contributed by atoms with Gasteiger partial charge in [0.25, 0.3) is 0 Å². The molecular weight excluding hydrogens is 300 g/mol. The quantitative estimate of drug-likeness (QED) is 0.766. The first-order chi connectivity index (χ1) is 11.1. The van der Waals surface area contributed by atoms with Crippen LogP contribution in [-0.4, -0.2) is 30.6 Å². The predicted molar refractivity (Wildman–Crippen MR) is 98.8 cm³/mol. The maximum Gasteiger partial charge on any atom is 0.0552 e. The molecule has 0 radical (unpaired) electrons. The van der Waals surface area contributed by atoms with Crippen LogP contribution in [0.25, 0.3) is 0 Å². The second-order valence-corrected chi connectivity index (χ2v) is 7.98. The van der Waals surface area contributed by atoms with Gasteiger partial charge in [-0.05, 0) is 57.5 Å². The molecule has 0 amide bonds. The molecule has 0 spiro atoms. The van der Waals surface area contributed by atoms with E-state index in [0.717, 1.165) is 6.54 Å². The maximum absolute atomic E-state index is 2.55. The Balaban J connectivity index is 1.71. The summed E-state index contributed by atoms with van der Waals surface area (Å²) in [6.45, 7) is 5.83. The summed E-state index contributed by atoms with van der Waals surface area (Å²) in [5.41, 5.74) is 2.73. The lowest BCUT2D eigenvalue weighted by molar-refractivity contribution is 0.250. The van der Waals surface area contributed by atoms with Gasteiger partial charge < -0.3 is 9.80 Å². The van der Waals surface area contributed by atoms with Crippen molar-refractivity contribution in [1.82, 2.24) is 4.90 Å². The molecule has 2 aliphatic rings. The largest absolute Gasteiger partial charge is 0.339 e. The van der Waals surface area contributed by atoms with Gasteiger partial charge in [0.15, 0.2) is 0 Å². The van der Waals surface area contributed by atoms with Crippen LogP contribution in [-0.2, 0) is 0 Å². The molecule has 23 heavy (non-hydrogen) atoms. The molecule has 0 saturated carbocycles. The minimum Gasteiger partial charge on any atom is -0.339 e. The van der Waals surface area contributed by atoms with Gasteiger partial charge in [0.2, 0.25) is 0 Å². The first-order valence-corrected chi connectivity index (χ1v) is 9.32. The molecule has 0 unspecified atom stereocenters. The van der Waals surface area contributed by atoms with Crippen molar-refractivity contribution >= 4 is 23.1 Å². The van der Waals surface area contributed by atoms with E-state index >= 15 is 0 Å². The van der Waals surface area contributed by atoms with Gasteiger partial charge in [-0.1, -0.05) is 36.0 Å². The van der Waals surface area contributed by atoms with E-state index in [1.807, 2.05) is 11.8 Å². The van der Waals surface area contributed by atoms with Gasteiger partial charge in [0.05, 0.1) is 11.4 Å². The predicted octanol–water partition coefficient (Wildman–Crippen LogP) is 5.02. The minimum atomic E-state index is 0.638. The highest BCUT2D eigenvalue weighted by atomic mass is 32.2. The van der Waals surface area contributed by atoms with Crippen molar-refractivity contribution in [2.45, 2.75) is 42.1 Å². The summed E-state index contributed by atoms with van der Waals surface area (Å²) in [5, 5.41) is 0. The zero-order valence-corrected chi connectivity index (χ0v) is 14.9. The average molecular weight is 324 g/mol. The van der Waals surface area contributed by atoms with Crippen LogP contribution in [0.2, 0.25) is 0 Å². The van der Waals surface area contributed by atoms with E-state index in [0.29, 0.717) is 18.0 Å². The van der Waals surface area contributed by atoms with Crippen LogP contribution in [0.15, 0.2) is 58.3 Å². The number of hydrogen-bond donors (Lipinski definition) is 0. The molecule has 3 atom stereocenters. The molecule has 2 aromatic carbocycles. The molecule has 0 N–H and O–H groups in total. The third-order valence-corrected chi connectivity index (χ3v) is 6.74. The van der Waals surface area contributed by atoms with Crippen LogP contribution < -0.4 is 4.90 Å². The highest BCUT2D eigenvalue weighted by Gasteiger charge is 2.36. The summed E-state index contributed by atoms with van der Waals surface area (Å²) in [6.07, 6.45) is 1.28. The van der Waals surface area contributed by atoms with Gasteiger partial charge in [0, 0.05) is 28.4 Å². The lowest BCUT2D eigenvalue weighted by Crippen LogP contribution is -2.35. The topological polar surface area (TPSA) is 6.48 Å². The van der Waals surface area contributed by atoms with Crippen molar-refractivity contribution in [2.24, 2.45) is 5.92 Å². The zero-order valence-electron chi connectivity index (χ0n) is 14.1. The van der Waals surface area contributed by atoms with E-state index in [1.165, 1.54) is 27.6 Å². The number of anilines is 2. The lowest BCUT2D eigenvalue weighted by Gasteiger charge is -2.35. The van der Waals surface area contributed by atoms with Crippen LogP contribution in [0.1, 0.15) is 20.3 Å². The van der Waals surface area contributed by atoms with Crippen molar-refractivity contribution in [3.63, 3.8) is 0 Å². The van der Waals surface area contributed by atoms with Crippen molar-refractivity contribution < 1.29 is 0 Å². The Morgan fingerprint density at radius 3 is 2.04 bits per heavy atom. The molecule has 0 aliphatic carbocycles. The Morgan fingerprint density at radius 2 is 1.52 bits per heavy atom. The van der Waals surface area contributed by atoms with Crippen LogP contribution in [0.4, 0.5) is 11.4 Å². The fourth-order valence-electron chi connectivity index (χ4n) is 3.97. The van der Waals surface area contributed by atoms with E-state index in [9.17, 15) is 0 Å². The monoisotopic (exact) mass is 324 g/mol. The summed E-state index contributed by atoms with van der Waals surface area (Å²) >= 11 is 1.89. The van der Waals surface area contributed by atoms with E-state index in [4.69, 9.17) is 0 Å². The van der Waals surface area contributed by atoms with Gasteiger partial charge in [-0.3, -0.25) is 0 Å². The fourth-order valence-corrected chi connectivity index (χ4v) is 5.07. The number of rotatable bonds is 2. The van der Waals surface area contributed by atoms with Gasteiger partial charge in [-0.15, -0.1) is 0 Å². The van der Waals surface area contributed by atoms with Crippen molar-refractivity contribution in [1.29, 1.82) is 0 Å². The number of benzene rings is 2. The lowest BCUT2D eigenvalue weighted by atomic mass is 9.99. The number of fused-ring (bicyclic) bond motifs is 2. The molecule has 2 nitrogen and oxygen atoms in total. The van der Waals surface area contributed by atoms with Gasteiger partial charge >= 0.3 is 0 Å². The van der Waals surface area contributed by atoms with Gasteiger partial charge in [0.1, 0.15) is 0 Å². The summed E-state index contributed by atoms with van der Waals surface area (Å²) < 4.78 is 0. The maximum atomic E-state index is 2.55. The Labute approximate surface area is 143 Å². The minimum absolute atomic E-state index is 0.638. The van der Waals surface area contributed by atoms with E-state index in [-0.39, 0.29) is 0 Å². The van der Waals surface area contributed by atoms with Crippen LogP contribution in [0.3, 0.4) is 0 Å². The Kier molecular flexibility index (Phi) is 3.86. The third-order valence-electron chi connectivity index (χ3n) is 5.61. The van der Waals surface area contributed by atoms with Crippen molar-refractivity contribution in [3.05, 3.63) is 48.5 Å². The first-order valence-electron chi connectivity index (χ1n) is 8.50. The van der Waals surface area contributed by atoms with Crippen molar-refractivity contribution in [2.75, 3.05) is 18.5 Å². The summed E-state index contributed by atoms with van der Waals surface area (Å²) in [6, 6.07) is 19.0. The number of para-hydroxylation sites is 2. The van der Waals surface area contributed by atoms with Gasteiger partial charge in [-0.2, -0.15) is 0 Å². The zero-order chi connectivity index (χ0) is 16.0. The Morgan fingerprint density at radius 1 is 0.957 bits per heavy atom.